The van der Waals surface area contributed by atoms with Crippen LogP contribution in [-0.2, 0) is 6.18 Å². The number of halogens is 4. The van der Waals surface area contributed by atoms with Gasteiger partial charge in [0, 0.05) is 6.07 Å². The van der Waals surface area contributed by atoms with E-state index in [2.05, 4.69) is 9.97 Å². The van der Waals surface area contributed by atoms with Gasteiger partial charge in [-0.05, 0) is 13.8 Å². The molecule has 0 saturated heterocycles. The van der Waals surface area contributed by atoms with E-state index in [1.54, 1.807) is 13.8 Å². The summed E-state index contributed by atoms with van der Waals surface area (Å²) in [5.41, 5.74) is 0. The molecule has 1 aromatic rings. The second-order valence-electron chi connectivity index (χ2n) is 3.02. The Hall–Kier alpha value is -1.04. The highest BCUT2D eigenvalue weighted by Gasteiger charge is 2.35. The number of aromatic nitrogens is 2. The van der Waals surface area contributed by atoms with E-state index in [0.717, 1.165) is 6.07 Å². The summed E-state index contributed by atoms with van der Waals surface area (Å²) in [6, 6.07) is 1.14. The Labute approximate surface area is 89.2 Å². The van der Waals surface area contributed by atoms with Gasteiger partial charge >= 0.3 is 6.18 Å². The topological polar surface area (TPSA) is 35.0 Å². The first-order valence-corrected chi connectivity index (χ1v) is 4.45. The Morgan fingerprint density at radius 3 is 2.40 bits per heavy atom. The maximum absolute atomic E-state index is 12.2. The number of alkyl halides is 3. The lowest BCUT2D eigenvalue weighted by Gasteiger charge is -2.11. The van der Waals surface area contributed by atoms with Gasteiger partial charge in [0.15, 0.2) is 0 Å². The molecule has 0 aliphatic heterocycles. The van der Waals surface area contributed by atoms with E-state index in [1.165, 1.54) is 0 Å². The SMILES string of the molecule is CC(C)Oc1cc(Cl)nc(C(F)(F)F)n1. The average Bonchev–Trinajstić information content (AvgIpc) is 1.99. The van der Waals surface area contributed by atoms with Crippen molar-refractivity contribution in [3.8, 4) is 5.88 Å². The molecule has 0 fully saturated rings. The van der Waals surface area contributed by atoms with Crippen molar-refractivity contribution in [1.29, 1.82) is 0 Å². The van der Waals surface area contributed by atoms with Crippen molar-refractivity contribution >= 4 is 11.6 Å². The molecule has 1 aromatic heterocycles. The minimum absolute atomic E-state index is 0.183. The van der Waals surface area contributed by atoms with Crippen molar-refractivity contribution in [3.63, 3.8) is 0 Å². The zero-order valence-electron chi connectivity index (χ0n) is 7.97. The van der Waals surface area contributed by atoms with E-state index in [9.17, 15) is 13.2 Å². The molecule has 0 aliphatic carbocycles. The van der Waals surface area contributed by atoms with Crippen molar-refractivity contribution in [1.82, 2.24) is 9.97 Å². The summed E-state index contributed by atoms with van der Waals surface area (Å²) in [5.74, 6) is -1.48. The molecule has 0 saturated carbocycles. The first-order valence-electron chi connectivity index (χ1n) is 4.07. The molecular formula is C8H8ClF3N2O. The molecule has 0 aliphatic rings. The molecule has 0 atom stereocenters. The van der Waals surface area contributed by atoms with E-state index in [-0.39, 0.29) is 17.1 Å². The molecule has 15 heavy (non-hydrogen) atoms. The summed E-state index contributed by atoms with van der Waals surface area (Å²) in [4.78, 5) is 6.26. The van der Waals surface area contributed by atoms with Crippen LogP contribution in [0.1, 0.15) is 19.7 Å². The number of hydrogen-bond acceptors (Lipinski definition) is 3. The lowest BCUT2D eigenvalue weighted by atomic mass is 10.5. The third-order valence-electron chi connectivity index (χ3n) is 1.28. The van der Waals surface area contributed by atoms with E-state index in [0.29, 0.717) is 0 Å². The van der Waals surface area contributed by atoms with Gasteiger partial charge in [-0.2, -0.15) is 18.2 Å². The molecule has 1 heterocycles. The van der Waals surface area contributed by atoms with Gasteiger partial charge in [0.25, 0.3) is 0 Å². The summed E-state index contributed by atoms with van der Waals surface area (Å²) < 4.78 is 41.7. The van der Waals surface area contributed by atoms with Crippen LogP contribution in [0.25, 0.3) is 0 Å². The van der Waals surface area contributed by atoms with Gasteiger partial charge < -0.3 is 4.74 Å². The molecule has 0 N–H and O–H groups in total. The van der Waals surface area contributed by atoms with Crippen molar-refractivity contribution in [3.05, 3.63) is 17.0 Å². The van der Waals surface area contributed by atoms with Crippen LogP contribution < -0.4 is 4.74 Å². The van der Waals surface area contributed by atoms with Crippen LogP contribution >= 0.6 is 11.6 Å². The predicted molar refractivity (Wildman–Crippen MR) is 47.8 cm³/mol. The first-order chi connectivity index (χ1) is 6.79. The largest absolute Gasteiger partial charge is 0.475 e. The highest BCUT2D eigenvalue weighted by atomic mass is 35.5. The van der Waals surface area contributed by atoms with E-state index >= 15 is 0 Å². The lowest BCUT2D eigenvalue weighted by Crippen LogP contribution is -2.14. The molecule has 1 rings (SSSR count). The molecule has 0 unspecified atom stereocenters. The average molecular weight is 241 g/mol. The van der Waals surface area contributed by atoms with Crippen LogP contribution in [0.3, 0.4) is 0 Å². The number of ether oxygens (including phenoxy) is 1. The van der Waals surface area contributed by atoms with Crippen molar-refractivity contribution < 1.29 is 17.9 Å². The zero-order chi connectivity index (χ0) is 11.6. The molecule has 7 heteroatoms. The molecule has 0 spiro atoms. The van der Waals surface area contributed by atoms with Gasteiger partial charge in [-0.3, -0.25) is 0 Å². The predicted octanol–water partition coefficient (Wildman–Crippen LogP) is 2.94. The molecule has 0 aromatic carbocycles. The normalized spacial score (nSPS) is 11.9. The fourth-order valence-corrected chi connectivity index (χ4v) is 0.999. The highest BCUT2D eigenvalue weighted by molar-refractivity contribution is 6.29. The Kier molecular flexibility index (Phi) is 3.38. The second-order valence-corrected chi connectivity index (χ2v) is 3.40. The summed E-state index contributed by atoms with van der Waals surface area (Å²) >= 11 is 5.41. The van der Waals surface area contributed by atoms with Crippen LogP contribution in [0.2, 0.25) is 5.15 Å². The minimum Gasteiger partial charge on any atom is -0.475 e. The summed E-state index contributed by atoms with van der Waals surface area (Å²) in [6.07, 6.45) is -4.91. The summed E-state index contributed by atoms with van der Waals surface area (Å²) in [6.45, 7) is 3.34. The zero-order valence-corrected chi connectivity index (χ0v) is 8.73. The number of rotatable bonds is 2. The van der Waals surface area contributed by atoms with Crippen LogP contribution in [0.15, 0.2) is 6.07 Å². The van der Waals surface area contributed by atoms with Crippen molar-refractivity contribution in [2.24, 2.45) is 0 Å². The second kappa shape index (κ2) is 4.22. The van der Waals surface area contributed by atoms with Gasteiger partial charge in [-0.25, -0.2) is 4.98 Å². The molecule has 84 valence electrons. The Bertz CT molecular complexity index is 354. The summed E-state index contributed by atoms with van der Waals surface area (Å²) in [7, 11) is 0. The third kappa shape index (κ3) is 3.54. The quantitative estimate of drug-likeness (QED) is 0.746. The highest BCUT2D eigenvalue weighted by Crippen LogP contribution is 2.28. The maximum Gasteiger partial charge on any atom is 0.451 e. The van der Waals surface area contributed by atoms with E-state index < -0.39 is 12.0 Å². The van der Waals surface area contributed by atoms with Gasteiger partial charge in [0.05, 0.1) is 6.10 Å². The van der Waals surface area contributed by atoms with Gasteiger partial charge in [-0.15, -0.1) is 0 Å². The lowest BCUT2D eigenvalue weighted by molar-refractivity contribution is -0.145. The van der Waals surface area contributed by atoms with E-state index in [4.69, 9.17) is 16.3 Å². The van der Waals surface area contributed by atoms with Crippen molar-refractivity contribution in [2.45, 2.75) is 26.1 Å². The standard InChI is InChI=1S/C8H8ClF3N2O/c1-4(2)15-6-3-5(9)13-7(14-6)8(10,11)12/h3-4H,1-2H3. The Morgan fingerprint density at radius 1 is 1.33 bits per heavy atom. The Morgan fingerprint density at radius 2 is 1.93 bits per heavy atom. The molecule has 0 amide bonds. The maximum atomic E-state index is 12.2. The monoisotopic (exact) mass is 240 g/mol. The van der Waals surface area contributed by atoms with Crippen LogP contribution in [0, 0.1) is 0 Å². The first kappa shape index (κ1) is 12.0. The molecule has 0 radical (unpaired) electrons. The number of hydrogen-bond donors (Lipinski definition) is 0. The van der Waals surface area contributed by atoms with Crippen LogP contribution in [0.4, 0.5) is 13.2 Å². The summed E-state index contributed by atoms with van der Waals surface area (Å²) in [5, 5.41) is -0.298. The molecular weight excluding hydrogens is 233 g/mol. The Balaban J connectivity index is 3.06. The number of nitrogens with zero attached hydrogens (tertiary/aromatic N) is 2. The van der Waals surface area contributed by atoms with Crippen molar-refractivity contribution in [2.75, 3.05) is 0 Å². The van der Waals surface area contributed by atoms with Gasteiger partial charge in [0.2, 0.25) is 11.7 Å². The fraction of sp³-hybridized carbons (Fsp3) is 0.500. The fourth-order valence-electron chi connectivity index (χ4n) is 0.826. The van der Waals surface area contributed by atoms with E-state index in [1.807, 2.05) is 0 Å². The van der Waals surface area contributed by atoms with Gasteiger partial charge in [0.1, 0.15) is 5.15 Å². The molecule has 3 nitrogen and oxygen atoms in total. The smallest absolute Gasteiger partial charge is 0.451 e. The third-order valence-corrected chi connectivity index (χ3v) is 1.48. The van der Waals surface area contributed by atoms with Gasteiger partial charge in [-0.1, -0.05) is 11.6 Å². The van der Waals surface area contributed by atoms with Crippen LogP contribution in [0.5, 0.6) is 5.88 Å². The van der Waals surface area contributed by atoms with Crippen LogP contribution in [-0.4, -0.2) is 16.1 Å². The minimum atomic E-state index is -4.63. The molecule has 0 bridgehead atoms.